The number of hydroxylamine groups is 6. The van der Waals surface area contributed by atoms with Crippen molar-refractivity contribution < 1.29 is 29.1 Å². The van der Waals surface area contributed by atoms with Crippen LogP contribution in [0.15, 0.2) is 60.7 Å². The second-order valence-electron chi connectivity index (χ2n) is 12.1. The number of amides is 2. The van der Waals surface area contributed by atoms with Gasteiger partial charge in [0.1, 0.15) is 11.5 Å². The van der Waals surface area contributed by atoms with E-state index in [0.29, 0.717) is 47.6 Å². The van der Waals surface area contributed by atoms with Gasteiger partial charge in [-0.1, -0.05) is 48.5 Å². The van der Waals surface area contributed by atoms with Crippen molar-refractivity contribution in [1.29, 1.82) is 0 Å². The fourth-order valence-corrected chi connectivity index (χ4v) is 8.04. The number of carbonyl (C=O) groups excluding carboxylic acids is 2. The molecule has 4 aliphatic rings. The molecule has 4 aromatic carbocycles. The highest BCUT2D eigenvalue weighted by molar-refractivity contribution is 6.10. The smallest absolute Gasteiger partial charge is 0.283 e. The molecule has 0 aromatic heterocycles. The number of rotatable bonds is 3. The molecule has 4 heterocycles. The molecule has 0 radical (unpaired) electrons. The Balaban J connectivity index is 1.42. The summed E-state index contributed by atoms with van der Waals surface area (Å²) >= 11 is 0. The quantitative estimate of drug-likeness (QED) is 0.215. The minimum absolute atomic E-state index is 0.210. The summed E-state index contributed by atoms with van der Waals surface area (Å²) in [6.45, 7) is 0.511. The van der Waals surface area contributed by atoms with E-state index in [1.807, 2.05) is 48.5 Å². The van der Waals surface area contributed by atoms with Crippen molar-refractivity contribution in [3.8, 4) is 22.6 Å². The van der Waals surface area contributed by atoms with Gasteiger partial charge in [-0.25, -0.2) is 0 Å². The molecule has 6 atom stereocenters. The first kappa shape index (κ1) is 25.5. The van der Waals surface area contributed by atoms with Crippen LogP contribution in [0.25, 0.3) is 32.7 Å². The van der Waals surface area contributed by atoms with Gasteiger partial charge in [0.05, 0.1) is 24.2 Å². The summed E-state index contributed by atoms with van der Waals surface area (Å²) in [5.74, 6) is -1.06. The molecular weight excluding hydrogens is 536 g/mol. The van der Waals surface area contributed by atoms with Gasteiger partial charge in [0.2, 0.25) is 0 Å². The van der Waals surface area contributed by atoms with Crippen LogP contribution in [0.5, 0.6) is 11.5 Å². The number of fused-ring (bicyclic) bond motifs is 4. The van der Waals surface area contributed by atoms with Crippen molar-refractivity contribution in [3.05, 3.63) is 82.2 Å². The van der Waals surface area contributed by atoms with Crippen molar-refractivity contribution in [1.82, 2.24) is 10.6 Å². The van der Waals surface area contributed by atoms with E-state index in [1.165, 1.54) is 0 Å². The molecule has 0 saturated carbocycles. The van der Waals surface area contributed by atoms with Crippen molar-refractivity contribution in [2.75, 3.05) is 13.1 Å². The molecule has 2 unspecified atom stereocenters. The molecule has 0 spiro atoms. The Morgan fingerprint density at radius 3 is 1.50 bits per heavy atom. The lowest BCUT2D eigenvalue weighted by Crippen LogP contribution is -2.45. The summed E-state index contributed by atoms with van der Waals surface area (Å²) in [6.07, 6.45) is 0.222. The minimum Gasteiger partial charge on any atom is -0.630 e. The fourth-order valence-electron chi connectivity index (χ4n) is 8.04. The van der Waals surface area contributed by atoms with Crippen LogP contribution >= 0.6 is 0 Å². The fraction of sp³-hybridized carbons (Fsp3) is 0.312. The molecule has 214 valence electrons. The van der Waals surface area contributed by atoms with E-state index >= 15 is 0 Å². The Morgan fingerprint density at radius 2 is 1.07 bits per heavy atom. The molecular formula is C32H30N4O6. The highest BCUT2D eigenvalue weighted by atomic mass is 16.6. The zero-order valence-corrected chi connectivity index (χ0v) is 22.7. The molecule has 0 aliphatic carbocycles. The van der Waals surface area contributed by atoms with Crippen LogP contribution in [-0.4, -0.2) is 56.5 Å². The molecule has 4 saturated heterocycles. The number of quaternary nitrogens is 2. The van der Waals surface area contributed by atoms with Crippen LogP contribution in [0, 0.1) is 10.4 Å². The van der Waals surface area contributed by atoms with Gasteiger partial charge >= 0.3 is 0 Å². The van der Waals surface area contributed by atoms with Crippen molar-refractivity contribution in [3.63, 3.8) is 0 Å². The van der Waals surface area contributed by atoms with Gasteiger partial charge in [0.15, 0.2) is 24.4 Å². The van der Waals surface area contributed by atoms with Crippen molar-refractivity contribution in [2.45, 2.75) is 50.1 Å². The standard InChI is InChI=1S/C32H30N4O6/c37-27-21(29-33-31(39)23-11-5-13-35(23,29)41)15-17-7-1-3-9-19(17)25(27)26-20-10-4-2-8-18(20)16-22(28(26)38)30-34-32(40)24-12-6-14-36(24,30)42/h1-4,7-10,15-16,23-24,29-30,37-38H,5-6,11-14H2,(H,33,39)(H,34,40)/t23-,24-,29+,30+,35?,36?/m0/s1. The maximum atomic E-state index is 14.0. The second-order valence-corrected chi connectivity index (χ2v) is 12.1. The van der Waals surface area contributed by atoms with Crippen molar-refractivity contribution in [2.24, 2.45) is 0 Å². The zero-order valence-electron chi connectivity index (χ0n) is 22.7. The Labute approximate surface area is 241 Å². The van der Waals surface area contributed by atoms with Crippen LogP contribution in [0.3, 0.4) is 0 Å². The van der Waals surface area contributed by atoms with Crippen LogP contribution in [0.2, 0.25) is 0 Å². The summed E-state index contributed by atoms with van der Waals surface area (Å²) in [6, 6.07) is 16.8. The maximum absolute atomic E-state index is 14.0. The third-order valence-electron chi connectivity index (χ3n) is 10.0. The second kappa shape index (κ2) is 8.65. The van der Waals surface area contributed by atoms with E-state index in [-0.39, 0.29) is 47.5 Å². The topological polar surface area (TPSA) is 145 Å². The van der Waals surface area contributed by atoms with Crippen molar-refractivity contribution >= 4 is 33.4 Å². The summed E-state index contributed by atoms with van der Waals surface area (Å²) in [7, 11) is 0. The number of aromatic hydroxyl groups is 2. The Kier molecular flexibility index (Phi) is 5.25. The average molecular weight is 567 g/mol. The average Bonchev–Trinajstić information content (AvgIpc) is 3.69. The molecule has 4 fully saturated rings. The van der Waals surface area contributed by atoms with Gasteiger partial charge < -0.3 is 29.9 Å². The Hall–Kier alpha value is -4.22. The van der Waals surface area contributed by atoms with Gasteiger partial charge in [-0.05, 0) is 33.7 Å². The summed E-state index contributed by atoms with van der Waals surface area (Å²) < 4.78 is -1.55. The van der Waals surface area contributed by atoms with E-state index in [1.54, 1.807) is 12.1 Å². The minimum atomic E-state index is -1.00. The van der Waals surface area contributed by atoms with Gasteiger partial charge in [-0.2, -0.15) is 0 Å². The first-order chi connectivity index (χ1) is 20.2. The summed E-state index contributed by atoms with van der Waals surface area (Å²) in [5, 5.41) is 60.6. The number of nitrogens with one attached hydrogen (secondary N) is 2. The number of nitrogens with zero attached hydrogens (tertiary/aromatic N) is 2. The molecule has 4 aromatic rings. The molecule has 4 N–H and O–H groups in total. The highest BCUT2D eigenvalue weighted by Gasteiger charge is 2.55. The third kappa shape index (κ3) is 3.23. The molecule has 10 heteroatoms. The summed E-state index contributed by atoms with van der Waals surface area (Å²) in [5.41, 5.74) is 1.18. The van der Waals surface area contributed by atoms with Crippen LogP contribution in [0.1, 0.15) is 49.1 Å². The first-order valence-corrected chi connectivity index (χ1v) is 14.5. The highest BCUT2D eigenvalue weighted by Crippen LogP contribution is 2.53. The van der Waals surface area contributed by atoms with E-state index in [0.717, 1.165) is 10.8 Å². The SMILES string of the molecule is O=C1N[C@@H](c2cc3ccccc3c(-c3c(O)c([C@@H]4NC(=O)[C@@H]5CCC[N+]54[O-])cc4ccccc34)c2O)[N+]2([O-])CCC[C@@H]12. The number of hydrogen-bond acceptors (Lipinski definition) is 6. The molecule has 8 rings (SSSR count). The molecule has 10 nitrogen and oxygen atoms in total. The van der Waals surface area contributed by atoms with Gasteiger partial charge in [-0.15, -0.1) is 0 Å². The predicted octanol–water partition coefficient (Wildman–Crippen LogP) is 4.28. The Bertz CT molecular complexity index is 1710. The van der Waals surface area contributed by atoms with E-state index < -0.39 is 33.7 Å². The molecule has 4 aliphatic heterocycles. The number of carbonyl (C=O) groups is 2. The summed E-state index contributed by atoms with van der Waals surface area (Å²) in [4.78, 5) is 25.7. The van der Waals surface area contributed by atoms with Gasteiger partial charge in [0, 0.05) is 36.8 Å². The third-order valence-corrected chi connectivity index (χ3v) is 10.0. The van der Waals surface area contributed by atoms with E-state index in [2.05, 4.69) is 10.6 Å². The molecule has 42 heavy (non-hydrogen) atoms. The van der Waals surface area contributed by atoms with Crippen LogP contribution in [-0.2, 0) is 9.59 Å². The Morgan fingerprint density at radius 1 is 0.667 bits per heavy atom. The lowest BCUT2D eigenvalue weighted by Gasteiger charge is -2.43. The van der Waals surface area contributed by atoms with Crippen LogP contribution < -0.4 is 10.6 Å². The first-order valence-electron chi connectivity index (χ1n) is 14.5. The monoisotopic (exact) mass is 566 g/mol. The lowest BCUT2D eigenvalue weighted by atomic mass is 9.87. The van der Waals surface area contributed by atoms with Crippen LogP contribution in [0.4, 0.5) is 0 Å². The zero-order chi connectivity index (χ0) is 29.0. The number of hydrogen-bond donors (Lipinski definition) is 4. The predicted molar refractivity (Wildman–Crippen MR) is 155 cm³/mol. The van der Waals surface area contributed by atoms with Gasteiger partial charge in [0.25, 0.3) is 11.8 Å². The van der Waals surface area contributed by atoms with Gasteiger partial charge in [-0.3, -0.25) is 20.2 Å². The van der Waals surface area contributed by atoms with E-state index in [4.69, 9.17) is 0 Å². The van der Waals surface area contributed by atoms with E-state index in [9.17, 15) is 30.2 Å². The molecule has 2 amide bonds. The molecule has 0 bridgehead atoms. The normalized spacial score (nSPS) is 31.9. The number of benzene rings is 4. The largest absolute Gasteiger partial charge is 0.630 e. The lowest BCUT2D eigenvalue weighted by molar-refractivity contribution is -0.907. The maximum Gasteiger partial charge on any atom is 0.283 e. The number of phenolic OH excluding ortho intramolecular Hbond substituents is 2. The number of phenols is 2.